The van der Waals surface area contributed by atoms with Gasteiger partial charge >= 0.3 is 0 Å². The molecule has 2 N–H and O–H groups in total. The van der Waals surface area contributed by atoms with Gasteiger partial charge in [0.25, 0.3) is 0 Å². The van der Waals surface area contributed by atoms with E-state index in [2.05, 4.69) is 36.5 Å². The summed E-state index contributed by atoms with van der Waals surface area (Å²) in [5, 5.41) is 7.62. The monoisotopic (exact) mass is 528 g/mol. The van der Waals surface area contributed by atoms with Crippen LogP contribution < -0.4 is 15.5 Å². The number of rotatable bonds is 7. The highest BCUT2D eigenvalue weighted by atomic mass is 127. The number of nitrogens with one attached hydrogen (secondary N) is 2. The summed E-state index contributed by atoms with van der Waals surface area (Å²) in [5.41, 5.74) is 1.19. The fourth-order valence-corrected chi connectivity index (χ4v) is 3.50. The van der Waals surface area contributed by atoms with Crippen LogP contribution in [-0.2, 0) is 0 Å². The highest BCUT2D eigenvalue weighted by Crippen LogP contribution is 2.20. The molecule has 1 fully saturated rings. The zero-order valence-corrected chi connectivity index (χ0v) is 19.9. The van der Waals surface area contributed by atoms with Crippen LogP contribution in [0.2, 0.25) is 5.02 Å². The van der Waals surface area contributed by atoms with Crippen LogP contribution in [-0.4, -0.2) is 62.2 Å². The van der Waals surface area contributed by atoms with E-state index in [0.29, 0.717) is 0 Å². The average Bonchev–Trinajstić information content (AvgIpc) is 2.74. The molecule has 0 aliphatic carbocycles. The lowest BCUT2D eigenvalue weighted by molar-refractivity contribution is 0.372. The third-order valence-electron chi connectivity index (χ3n) is 4.82. The number of piperazine rings is 1. The number of anilines is 2. The second kappa shape index (κ2) is 12.7. The first-order chi connectivity index (χ1) is 13.8. The van der Waals surface area contributed by atoms with Gasteiger partial charge in [0.1, 0.15) is 5.82 Å². The van der Waals surface area contributed by atoms with Crippen LogP contribution in [0.25, 0.3) is 0 Å². The van der Waals surface area contributed by atoms with Crippen molar-refractivity contribution in [2.75, 3.05) is 56.5 Å². The predicted octanol–water partition coefficient (Wildman–Crippen LogP) is 3.94. The summed E-state index contributed by atoms with van der Waals surface area (Å²) < 4.78 is 0. The summed E-state index contributed by atoms with van der Waals surface area (Å²) in [6, 6.07) is 14.0. The Morgan fingerprint density at radius 1 is 1.07 bits per heavy atom. The number of aromatic nitrogens is 1. The molecular formula is C21H30ClIN6. The number of aliphatic imine (C=N–C) groups is 1. The smallest absolute Gasteiger partial charge is 0.193 e. The fraction of sp³-hybridized carbons (Fsp3) is 0.429. The van der Waals surface area contributed by atoms with Crippen LogP contribution in [0.4, 0.5) is 11.5 Å². The minimum Gasteiger partial charge on any atom is -0.370 e. The maximum absolute atomic E-state index is 6.12. The molecule has 0 unspecified atom stereocenters. The molecule has 1 saturated heterocycles. The zero-order valence-electron chi connectivity index (χ0n) is 16.9. The summed E-state index contributed by atoms with van der Waals surface area (Å²) in [5.74, 6) is 1.92. The number of pyridine rings is 1. The van der Waals surface area contributed by atoms with Gasteiger partial charge in [0.2, 0.25) is 0 Å². The number of hydrogen-bond acceptors (Lipinski definition) is 4. The topological polar surface area (TPSA) is 55.8 Å². The van der Waals surface area contributed by atoms with Crippen molar-refractivity contribution in [3.05, 3.63) is 53.7 Å². The van der Waals surface area contributed by atoms with E-state index < -0.39 is 0 Å². The number of benzene rings is 1. The van der Waals surface area contributed by atoms with E-state index in [0.717, 1.165) is 68.9 Å². The SMILES string of the molecule is CN=C(NCCCCNc1ccccn1)N1CCN(c2cccc(Cl)c2)CC1.I. The third-order valence-corrected chi connectivity index (χ3v) is 5.06. The van der Waals surface area contributed by atoms with Crippen molar-refractivity contribution in [3.63, 3.8) is 0 Å². The van der Waals surface area contributed by atoms with Gasteiger partial charge in [-0.15, -0.1) is 24.0 Å². The molecule has 1 aromatic carbocycles. The van der Waals surface area contributed by atoms with E-state index in [9.17, 15) is 0 Å². The third kappa shape index (κ3) is 7.54. The Morgan fingerprint density at radius 2 is 1.86 bits per heavy atom. The van der Waals surface area contributed by atoms with Crippen molar-refractivity contribution in [3.8, 4) is 0 Å². The van der Waals surface area contributed by atoms with E-state index >= 15 is 0 Å². The molecule has 0 atom stereocenters. The largest absolute Gasteiger partial charge is 0.370 e. The molecular weight excluding hydrogens is 499 g/mol. The van der Waals surface area contributed by atoms with E-state index in [1.54, 1.807) is 6.20 Å². The van der Waals surface area contributed by atoms with Crippen molar-refractivity contribution >= 4 is 53.0 Å². The molecule has 1 aliphatic heterocycles. The van der Waals surface area contributed by atoms with Gasteiger partial charge in [0, 0.05) is 63.2 Å². The van der Waals surface area contributed by atoms with Crippen molar-refractivity contribution in [1.29, 1.82) is 0 Å². The van der Waals surface area contributed by atoms with Crippen LogP contribution in [0.3, 0.4) is 0 Å². The van der Waals surface area contributed by atoms with Gasteiger partial charge in [0.05, 0.1) is 0 Å². The molecule has 1 aromatic heterocycles. The number of nitrogens with zero attached hydrogens (tertiary/aromatic N) is 4. The van der Waals surface area contributed by atoms with Crippen LogP contribution in [0.5, 0.6) is 0 Å². The lowest BCUT2D eigenvalue weighted by atomic mass is 10.2. The molecule has 2 aromatic rings. The van der Waals surface area contributed by atoms with Gasteiger partial charge < -0.3 is 20.4 Å². The quantitative estimate of drug-likeness (QED) is 0.247. The van der Waals surface area contributed by atoms with Gasteiger partial charge in [-0.25, -0.2) is 4.98 Å². The Balaban J connectivity index is 0.00000300. The Kier molecular flexibility index (Phi) is 10.3. The summed E-state index contributed by atoms with van der Waals surface area (Å²) in [6.45, 7) is 5.69. The first-order valence-electron chi connectivity index (χ1n) is 9.87. The molecule has 3 rings (SSSR count). The average molecular weight is 529 g/mol. The Hall–Kier alpha value is -1.74. The van der Waals surface area contributed by atoms with E-state index in [4.69, 9.17) is 11.6 Å². The standard InChI is InChI=1S/C21H29ClN6.HI/c1-23-21(26-12-5-4-11-25-20-9-2-3-10-24-20)28-15-13-27(14-16-28)19-8-6-7-18(22)17-19;/h2-3,6-10,17H,4-5,11-16H2,1H3,(H,23,26)(H,24,25);1H. The van der Waals surface area contributed by atoms with Crippen molar-refractivity contribution in [2.45, 2.75) is 12.8 Å². The fourth-order valence-electron chi connectivity index (χ4n) is 3.32. The Bertz CT molecular complexity index is 750. The van der Waals surface area contributed by atoms with Gasteiger partial charge in [0.15, 0.2) is 5.96 Å². The normalized spacial score (nSPS) is 14.3. The lowest BCUT2D eigenvalue weighted by Gasteiger charge is -2.37. The van der Waals surface area contributed by atoms with E-state index in [1.165, 1.54) is 5.69 Å². The molecule has 8 heteroatoms. The minimum atomic E-state index is 0. The number of hydrogen-bond donors (Lipinski definition) is 2. The highest BCUT2D eigenvalue weighted by molar-refractivity contribution is 14.0. The molecule has 158 valence electrons. The molecule has 6 nitrogen and oxygen atoms in total. The highest BCUT2D eigenvalue weighted by Gasteiger charge is 2.19. The van der Waals surface area contributed by atoms with Gasteiger partial charge in [-0.2, -0.15) is 0 Å². The second-order valence-corrected chi connectivity index (χ2v) is 7.21. The molecule has 0 saturated carbocycles. The van der Waals surface area contributed by atoms with Crippen LogP contribution >= 0.6 is 35.6 Å². The Morgan fingerprint density at radius 3 is 2.55 bits per heavy atom. The van der Waals surface area contributed by atoms with Crippen molar-refractivity contribution < 1.29 is 0 Å². The molecule has 1 aliphatic rings. The zero-order chi connectivity index (χ0) is 19.6. The molecule has 2 heterocycles. The summed E-state index contributed by atoms with van der Waals surface area (Å²) in [6.07, 6.45) is 3.98. The minimum absolute atomic E-state index is 0. The summed E-state index contributed by atoms with van der Waals surface area (Å²) >= 11 is 6.12. The van der Waals surface area contributed by atoms with Gasteiger partial charge in [-0.05, 0) is 43.2 Å². The second-order valence-electron chi connectivity index (χ2n) is 6.78. The summed E-state index contributed by atoms with van der Waals surface area (Å²) in [4.78, 5) is 13.4. The first-order valence-corrected chi connectivity index (χ1v) is 10.2. The first kappa shape index (κ1) is 23.5. The molecule has 0 spiro atoms. The van der Waals surface area contributed by atoms with Crippen LogP contribution in [0.1, 0.15) is 12.8 Å². The molecule has 0 bridgehead atoms. The number of halogens is 2. The van der Waals surface area contributed by atoms with Crippen molar-refractivity contribution in [1.82, 2.24) is 15.2 Å². The van der Waals surface area contributed by atoms with Crippen molar-refractivity contribution in [2.24, 2.45) is 4.99 Å². The van der Waals surface area contributed by atoms with Crippen LogP contribution in [0.15, 0.2) is 53.7 Å². The van der Waals surface area contributed by atoms with E-state index in [-0.39, 0.29) is 24.0 Å². The molecule has 0 radical (unpaired) electrons. The van der Waals surface area contributed by atoms with E-state index in [1.807, 2.05) is 43.4 Å². The number of guanidine groups is 1. The summed E-state index contributed by atoms with van der Waals surface area (Å²) in [7, 11) is 1.86. The molecule has 0 amide bonds. The number of unbranched alkanes of at least 4 members (excludes halogenated alkanes) is 1. The van der Waals surface area contributed by atoms with Crippen LogP contribution in [0, 0.1) is 0 Å². The lowest BCUT2D eigenvalue weighted by Crippen LogP contribution is -2.52. The maximum atomic E-state index is 6.12. The molecule has 29 heavy (non-hydrogen) atoms. The van der Waals surface area contributed by atoms with Gasteiger partial charge in [-0.1, -0.05) is 23.7 Å². The van der Waals surface area contributed by atoms with Gasteiger partial charge in [-0.3, -0.25) is 4.99 Å². The predicted molar refractivity (Wildman–Crippen MR) is 134 cm³/mol. The Labute approximate surface area is 195 Å². The maximum Gasteiger partial charge on any atom is 0.193 e.